The second-order valence-electron chi connectivity index (χ2n) is 2.54. The molecule has 13 heavy (non-hydrogen) atoms. The molecule has 0 saturated carbocycles. The quantitative estimate of drug-likeness (QED) is 0.276. The first-order valence-electron chi connectivity index (χ1n) is 4.10. The third kappa shape index (κ3) is 10.6. The second-order valence-corrected chi connectivity index (χ2v) is 4.23. The molecule has 0 aliphatic heterocycles. The Kier molecular flexibility index (Phi) is 11.4. The number of hydrogen-bond acceptors (Lipinski definition) is 3. The molecule has 0 radical (unpaired) electrons. The van der Waals surface area contributed by atoms with E-state index in [1.165, 1.54) is 6.08 Å². The van der Waals surface area contributed by atoms with E-state index in [0.29, 0.717) is 6.61 Å². The molecule has 0 rings (SSSR count). The average Bonchev–Trinajstić information content (AvgIpc) is 1.98. The maximum atomic E-state index is 10.9. The van der Waals surface area contributed by atoms with Gasteiger partial charge in [-0.15, -0.1) is 6.58 Å². The van der Waals surface area contributed by atoms with Crippen LogP contribution in [0, 0.1) is 0 Å². The van der Waals surface area contributed by atoms with E-state index >= 15 is 0 Å². The van der Waals surface area contributed by atoms with Crippen LogP contribution in [0.25, 0.3) is 0 Å². The monoisotopic (exact) mass is 216 g/mol. The van der Waals surface area contributed by atoms with Gasteiger partial charge in [0.2, 0.25) is 0 Å². The molecule has 0 heterocycles. The number of rotatable bonds is 7. The van der Waals surface area contributed by atoms with Crippen molar-refractivity contribution in [2.75, 3.05) is 12.4 Å². The maximum absolute atomic E-state index is 10.9. The summed E-state index contributed by atoms with van der Waals surface area (Å²) in [5.74, 6) is -0.0981. The predicted molar refractivity (Wildman–Crippen MR) is 56.6 cm³/mol. The SMILES string of the molecule is C=CCS(=O)(=O)OCCCCC.[NaH]. The molecular formula is C8H17NaO3S. The van der Waals surface area contributed by atoms with E-state index in [-0.39, 0.29) is 35.3 Å². The van der Waals surface area contributed by atoms with Gasteiger partial charge in [-0.25, -0.2) is 0 Å². The first-order chi connectivity index (χ1) is 5.62. The molecule has 5 heteroatoms. The van der Waals surface area contributed by atoms with Crippen LogP contribution < -0.4 is 0 Å². The molecule has 0 saturated heterocycles. The minimum absolute atomic E-state index is 0. The Hall–Kier alpha value is 0.650. The van der Waals surface area contributed by atoms with Crippen LogP contribution in [0.2, 0.25) is 0 Å². The fraction of sp³-hybridized carbons (Fsp3) is 0.750. The summed E-state index contributed by atoms with van der Waals surface area (Å²) in [7, 11) is -3.33. The molecule has 0 N–H and O–H groups in total. The Labute approximate surface area is 103 Å². The van der Waals surface area contributed by atoms with Crippen LogP contribution in [-0.2, 0) is 14.3 Å². The molecule has 0 spiro atoms. The van der Waals surface area contributed by atoms with Crippen molar-refractivity contribution in [1.82, 2.24) is 0 Å². The molecule has 0 atom stereocenters. The third-order valence-corrected chi connectivity index (χ3v) is 2.50. The molecular weight excluding hydrogens is 199 g/mol. The van der Waals surface area contributed by atoms with Crippen molar-refractivity contribution in [3.63, 3.8) is 0 Å². The van der Waals surface area contributed by atoms with Gasteiger partial charge in [0.1, 0.15) is 0 Å². The fourth-order valence-corrected chi connectivity index (χ4v) is 1.49. The Morgan fingerprint density at radius 1 is 1.38 bits per heavy atom. The predicted octanol–water partition coefficient (Wildman–Crippen LogP) is 1.06. The summed E-state index contributed by atoms with van der Waals surface area (Å²) in [5.41, 5.74) is 0. The van der Waals surface area contributed by atoms with Gasteiger partial charge >= 0.3 is 29.6 Å². The molecule has 74 valence electrons. The van der Waals surface area contributed by atoms with E-state index < -0.39 is 10.1 Å². The Morgan fingerprint density at radius 3 is 2.46 bits per heavy atom. The van der Waals surface area contributed by atoms with Gasteiger partial charge in [-0.05, 0) is 6.42 Å². The zero-order valence-corrected chi connectivity index (χ0v) is 8.27. The molecule has 0 aromatic carbocycles. The van der Waals surface area contributed by atoms with Crippen molar-refractivity contribution in [2.24, 2.45) is 0 Å². The first kappa shape index (κ1) is 16.1. The van der Waals surface area contributed by atoms with Crippen molar-refractivity contribution < 1.29 is 12.6 Å². The van der Waals surface area contributed by atoms with Gasteiger partial charge in [0.15, 0.2) is 0 Å². The van der Waals surface area contributed by atoms with Crippen molar-refractivity contribution in [2.45, 2.75) is 26.2 Å². The number of unbranched alkanes of at least 4 members (excludes halogenated alkanes) is 2. The summed E-state index contributed by atoms with van der Waals surface area (Å²) in [6, 6.07) is 0. The van der Waals surface area contributed by atoms with Crippen LogP contribution in [0.15, 0.2) is 12.7 Å². The van der Waals surface area contributed by atoms with Gasteiger partial charge in [-0.2, -0.15) is 8.42 Å². The Balaban J connectivity index is 0. The summed E-state index contributed by atoms with van der Waals surface area (Å²) in [5, 5.41) is 0. The topological polar surface area (TPSA) is 43.4 Å². The fourth-order valence-electron chi connectivity index (χ4n) is 0.730. The van der Waals surface area contributed by atoms with Gasteiger partial charge in [0.25, 0.3) is 10.1 Å². The van der Waals surface area contributed by atoms with E-state index in [4.69, 9.17) is 0 Å². The van der Waals surface area contributed by atoms with Crippen LogP contribution >= 0.6 is 0 Å². The molecule has 0 amide bonds. The molecule has 0 aromatic heterocycles. The van der Waals surface area contributed by atoms with Crippen molar-refractivity contribution in [1.29, 1.82) is 0 Å². The molecule has 0 unspecified atom stereocenters. The normalized spacial score (nSPS) is 10.5. The molecule has 0 aliphatic rings. The Morgan fingerprint density at radius 2 is 2.00 bits per heavy atom. The standard InChI is InChI=1S/C8H16O3S.Na.H/c1-3-5-6-7-11-12(9,10)8-4-2;;/h4H,2-3,5-8H2,1H3;;. The molecule has 0 aromatic rings. The van der Waals surface area contributed by atoms with E-state index in [1.807, 2.05) is 0 Å². The minimum atomic E-state index is -3.33. The second kappa shape index (κ2) is 9.21. The van der Waals surface area contributed by atoms with E-state index in [1.54, 1.807) is 0 Å². The van der Waals surface area contributed by atoms with Crippen LogP contribution in [0.1, 0.15) is 26.2 Å². The molecule has 0 fully saturated rings. The molecule has 0 bridgehead atoms. The zero-order valence-electron chi connectivity index (χ0n) is 7.45. The van der Waals surface area contributed by atoms with Crippen molar-refractivity contribution in [3.8, 4) is 0 Å². The van der Waals surface area contributed by atoms with Gasteiger partial charge in [-0.3, -0.25) is 4.18 Å². The van der Waals surface area contributed by atoms with Crippen LogP contribution in [0.5, 0.6) is 0 Å². The van der Waals surface area contributed by atoms with Crippen LogP contribution in [0.3, 0.4) is 0 Å². The molecule has 0 aliphatic carbocycles. The van der Waals surface area contributed by atoms with Gasteiger partial charge in [0, 0.05) is 0 Å². The number of hydrogen-bond donors (Lipinski definition) is 0. The van der Waals surface area contributed by atoms with E-state index in [2.05, 4.69) is 17.7 Å². The third-order valence-electron chi connectivity index (χ3n) is 1.33. The van der Waals surface area contributed by atoms with E-state index in [0.717, 1.165) is 19.3 Å². The summed E-state index contributed by atoms with van der Waals surface area (Å²) in [6.45, 7) is 5.68. The zero-order chi connectivity index (χ0) is 9.45. The van der Waals surface area contributed by atoms with Gasteiger partial charge < -0.3 is 0 Å². The van der Waals surface area contributed by atoms with Crippen LogP contribution in [-0.4, -0.2) is 50.3 Å². The van der Waals surface area contributed by atoms with Crippen molar-refractivity contribution >= 4 is 39.7 Å². The summed E-state index contributed by atoms with van der Waals surface area (Å²) in [4.78, 5) is 0. The summed E-state index contributed by atoms with van der Waals surface area (Å²) < 4.78 is 26.5. The van der Waals surface area contributed by atoms with Gasteiger partial charge in [-0.1, -0.05) is 25.8 Å². The Bertz CT molecular complexity index is 211. The average molecular weight is 216 g/mol. The van der Waals surface area contributed by atoms with Crippen molar-refractivity contribution in [3.05, 3.63) is 12.7 Å². The van der Waals surface area contributed by atoms with Gasteiger partial charge in [0.05, 0.1) is 12.4 Å². The molecule has 3 nitrogen and oxygen atoms in total. The first-order valence-corrected chi connectivity index (χ1v) is 5.68. The van der Waals surface area contributed by atoms with Crippen LogP contribution in [0.4, 0.5) is 0 Å². The summed E-state index contributed by atoms with van der Waals surface area (Å²) >= 11 is 0. The van der Waals surface area contributed by atoms with E-state index in [9.17, 15) is 8.42 Å². The summed E-state index contributed by atoms with van der Waals surface area (Å²) in [6.07, 6.45) is 4.19.